The number of methoxy groups -OCH3 is 1. The Morgan fingerprint density at radius 2 is 1.95 bits per heavy atom. The Hall–Kier alpha value is -3.33. The van der Waals surface area contributed by atoms with Crippen molar-refractivity contribution in [1.29, 1.82) is 5.26 Å². The summed E-state index contributed by atoms with van der Waals surface area (Å²) in [7, 11) is 1.55. The van der Waals surface area contributed by atoms with Gasteiger partial charge in [-0.1, -0.05) is 18.2 Å². The van der Waals surface area contributed by atoms with Crippen molar-refractivity contribution in [3.8, 4) is 22.9 Å². The third-order valence-corrected chi connectivity index (χ3v) is 3.48. The zero-order valence-corrected chi connectivity index (χ0v) is 11.7. The quantitative estimate of drug-likeness (QED) is 0.547. The van der Waals surface area contributed by atoms with Gasteiger partial charge in [0.15, 0.2) is 0 Å². The second-order valence-corrected chi connectivity index (χ2v) is 4.63. The Labute approximate surface area is 125 Å². The molecule has 0 bridgehead atoms. The van der Waals surface area contributed by atoms with Gasteiger partial charge in [0.05, 0.1) is 17.6 Å². The molecule has 0 spiro atoms. The van der Waals surface area contributed by atoms with Crippen LogP contribution in [0.1, 0.15) is 5.69 Å². The molecule has 0 aliphatic heterocycles. The van der Waals surface area contributed by atoms with Gasteiger partial charge in [-0.05, 0) is 29.8 Å². The van der Waals surface area contributed by atoms with Gasteiger partial charge in [0, 0.05) is 6.20 Å². The van der Waals surface area contributed by atoms with Crippen LogP contribution in [0.5, 0.6) is 5.75 Å². The lowest BCUT2D eigenvalue weighted by Crippen LogP contribution is -1.90. The Bertz CT molecular complexity index is 905. The fourth-order valence-electron chi connectivity index (χ4n) is 2.52. The maximum absolute atomic E-state index is 11.5. The first-order valence-electron chi connectivity index (χ1n) is 6.49. The van der Waals surface area contributed by atoms with Gasteiger partial charge in [-0.15, -0.1) is 0 Å². The molecule has 0 N–H and O–H groups in total. The van der Waals surface area contributed by atoms with E-state index in [1.54, 1.807) is 55.8 Å². The zero-order valence-electron chi connectivity index (χ0n) is 11.7. The van der Waals surface area contributed by atoms with Crippen molar-refractivity contribution in [3.05, 3.63) is 64.5 Å². The molecular weight excluding hydrogens is 282 g/mol. The second-order valence-electron chi connectivity index (χ2n) is 4.63. The molecule has 6 heteroatoms. The standard InChI is InChI=1S/C16H11N3O3/c1-22-12-7-5-11(6-8-12)15-14(10-17)18-9-3-2-4-13(18)16(15)19(20)21/h2-9H,1H3. The molecule has 0 radical (unpaired) electrons. The predicted octanol–water partition coefficient (Wildman–Crippen LogP) is 3.39. The highest BCUT2D eigenvalue weighted by atomic mass is 16.6. The van der Waals surface area contributed by atoms with Crippen LogP contribution in [-0.4, -0.2) is 16.4 Å². The van der Waals surface area contributed by atoms with Crippen molar-refractivity contribution < 1.29 is 9.66 Å². The number of benzene rings is 1. The van der Waals surface area contributed by atoms with Gasteiger partial charge in [-0.2, -0.15) is 5.26 Å². The van der Waals surface area contributed by atoms with E-state index in [1.807, 2.05) is 0 Å². The van der Waals surface area contributed by atoms with E-state index in [4.69, 9.17) is 4.74 Å². The highest BCUT2D eigenvalue weighted by Gasteiger charge is 2.27. The maximum atomic E-state index is 11.5. The monoisotopic (exact) mass is 293 g/mol. The molecule has 0 aliphatic carbocycles. The van der Waals surface area contributed by atoms with Crippen LogP contribution < -0.4 is 4.74 Å². The summed E-state index contributed by atoms with van der Waals surface area (Å²) in [4.78, 5) is 11.1. The topological polar surface area (TPSA) is 80.6 Å². The molecule has 0 saturated heterocycles. The number of aromatic nitrogens is 1. The normalized spacial score (nSPS) is 10.4. The number of hydrogen-bond donors (Lipinski definition) is 0. The lowest BCUT2D eigenvalue weighted by molar-refractivity contribution is -0.382. The van der Waals surface area contributed by atoms with E-state index < -0.39 is 4.92 Å². The van der Waals surface area contributed by atoms with Crippen molar-refractivity contribution in [2.24, 2.45) is 0 Å². The molecule has 6 nitrogen and oxygen atoms in total. The van der Waals surface area contributed by atoms with Crippen LogP contribution in [-0.2, 0) is 0 Å². The van der Waals surface area contributed by atoms with Crippen molar-refractivity contribution in [2.45, 2.75) is 0 Å². The molecule has 2 aromatic heterocycles. The third kappa shape index (κ3) is 1.96. The lowest BCUT2D eigenvalue weighted by atomic mass is 10.0. The summed E-state index contributed by atoms with van der Waals surface area (Å²) in [6.45, 7) is 0. The van der Waals surface area contributed by atoms with Crippen LogP contribution in [0.3, 0.4) is 0 Å². The summed E-state index contributed by atoms with van der Waals surface area (Å²) >= 11 is 0. The van der Waals surface area contributed by atoms with E-state index in [0.29, 0.717) is 22.4 Å². The van der Waals surface area contributed by atoms with Crippen molar-refractivity contribution in [2.75, 3.05) is 7.11 Å². The third-order valence-electron chi connectivity index (χ3n) is 3.48. The molecule has 2 heterocycles. The van der Waals surface area contributed by atoms with Crippen LogP contribution in [0.2, 0.25) is 0 Å². The molecule has 0 atom stereocenters. The molecule has 0 saturated carbocycles. The van der Waals surface area contributed by atoms with Gasteiger partial charge in [0.2, 0.25) is 0 Å². The number of nitrogens with zero attached hydrogens (tertiary/aromatic N) is 3. The molecule has 0 aliphatic rings. The van der Waals surface area contributed by atoms with Crippen molar-refractivity contribution in [3.63, 3.8) is 0 Å². The Kier molecular flexibility index (Phi) is 3.24. The molecule has 3 aromatic rings. The average Bonchev–Trinajstić information content (AvgIpc) is 2.89. The Morgan fingerprint density at radius 1 is 1.23 bits per heavy atom. The number of hydrogen-bond acceptors (Lipinski definition) is 4. The first-order valence-corrected chi connectivity index (χ1v) is 6.49. The molecule has 0 unspecified atom stereocenters. The van der Waals surface area contributed by atoms with Crippen LogP contribution >= 0.6 is 0 Å². The summed E-state index contributed by atoms with van der Waals surface area (Å²) < 4.78 is 6.63. The van der Waals surface area contributed by atoms with Gasteiger partial charge in [0.25, 0.3) is 0 Å². The summed E-state index contributed by atoms with van der Waals surface area (Å²) in [5.74, 6) is 0.647. The fraction of sp³-hybridized carbons (Fsp3) is 0.0625. The molecule has 22 heavy (non-hydrogen) atoms. The minimum absolute atomic E-state index is 0.0673. The van der Waals surface area contributed by atoms with Gasteiger partial charge in [0.1, 0.15) is 23.0 Å². The SMILES string of the molecule is COc1ccc(-c2c([N+](=O)[O-])c3ccccn3c2C#N)cc1. The van der Waals surface area contributed by atoms with E-state index in [0.717, 1.165) is 0 Å². The van der Waals surface area contributed by atoms with Crippen LogP contribution in [0, 0.1) is 21.4 Å². The minimum atomic E-state index is -0.449. The fourth-order valence-corrected chi connectivity index (χ4v) is 2.52. The Balaban J connectivity index is 2.38. The summed E-state index contributed by atoms with van der Waals surface area (Å²) in [5, 5.41) is 21.0. The maximum Gasteiger partial charge on any atom is 0.303 e. The predicted molar refractivity (Wildman–Crippen MR) is 80.8 cm³/mol. The van der Waals surface area contributed by atoms with Crippen molar-refractivity contribution >= 4 is 11.2 Å². The van der Waals surface area contributed by atoms with E-state index >= 15 is 0 Å². The second kappa shape index (κ2) is 5.22. The number of nitro groups is 1. The van der Waals surface area contributed by atoms with Crippen LogP contribution in [0.25, 0.3) is 16.6 Å². The molecule has 0 amide bonds. The van der Waals surface area contributed by atoms with Crippen LogP contribution in [0.15, 0.2) is 48.7 Å². The zero-order chi connectivity index (χ0) is 15.7. The Morgan fingerprint density at radius 3 is 2.55 bits per heavy atom. The summed E-state index contributed by atoms with van der Waals surface area (Å²) in [5.41, 5.74) is 1.50. The first kappa shape index (κ1) is 13.6. The van der Waals surface area contributed by atoms with Crippen LogP contribution in [0.4, 0.5) is 5.69 Å². The number of nitriles is 1. The largest absolute Gasteiger partial charge is 0.497 e. The first-order chi connectivity index (χ1) is 10.7. The van der Waals surface area contributed by atoms with E-state index in [-0.39, 0.29) is 11.4 Å². The smallest absolute Gasteiger partial charge is 0.303 e. The van der Waals surface area contributed by atoms with E-state index in [2.05, 4.69) is 6.07 Å². The number of rotatable bonds is 3. The van der Waals surface area contributed by atoms with Gasteiger partial charge >= 0.3 is 5.69 Å². The molecular formula is C16H11N3O3. The number of fused-ring (bicyclic) bond motifs is 1. The molecule has 3 rings (SSSR count). The minimum Gasteiger partial charge on any atom is -0.497 e. The highest BCUT2D eigenvalue weighted by Crippen LogP contribution is 2.39. The van der Waals surface area contributed by atoms with E-state index in [9.17, 15) is 15.4 Å². The molecule has 108 valence electrons. The van der Waals surface area contributed by atoms with Crippen molar-refractivity contribution in [1.82, 2.24) is 4.40 Å². The van der Waals surface area contributed by atoms with Gasteiger partial charge < -0.3 is 9.14 Å². The van der Waals surface area contributed by atoms with Gasteiger partial charge in [-0.3, -0.25) is 10.1 Å². The number of ether oxygens (including phenoxy) is 1. The van der Waals surface area contributed by atoms with E-state index in [1.165, 1.54) is 4.40 Å². The lowest BCUT2D eigenvalue weighted by Gasteiger charge is -2.02. The summed E-state index contributed by atoms with van der Waals surface area (Å²) in [6.07, 6.45) is 1.65. The number of pyridine rings is 1. The van der Waals surface area contributed by atoms with Gasteiger partial charge in [-0.25, -0.2) is 0 Å². The summed E-state index contributed by atoms with van der Waals surface area (Å²) in [6, 6.07) is 14.0. The highest BCUT2D eigenvalue weighted by molar-refractivity contribution is 5.89. The molecule has 1 aromatic carbocycles. The molecule has 0 fully saturated rings. The average molecular weight is 293 g/mol.